The van der Waals surface area contributed by atoms with Crippen molar-refractivity contribution in [3.8, 4) is 11.1 Å². The van der Waals surface area contributed by atoms with Crippen molar-refractivity contribution in [3.05, 3.63) is 54.9 Å². The summed E-state index contributed by atoms with van der Waals surface area (Å²) in [7, 11) is 0. The van der Waals surface area contributed by atoms with Gasteiger partial charge in [-0.1, -0.05) is 36.4 Å². The average Bonchev–Trinajstić information content (AvgIpc) is 2.68. The first kappa shape index (κ1) is 15.9. The van der Waals surface area contributed by atoms with Crippen LogP contribution in [0.4, 0.5) is 5.82 Å². The molecular formula is C20H22N5+. The van der Waals surface area contributed by atoms with Crippen LogP contribution in [-0.4, -0.2) is 51.5 Å². The van der Waals surface area contributed by atoms with Crippen molar-refractivity contribution in [1.29, 1.82) is 0 Å². The van der Waals surface area contributed by atoms with E-state index < -0.39 is 0 Å². The Kier molecular flexibility index (Phi) is 4.26. The summed E-state index contributed by atoms with van der Waals surface area (Å²) >= 11 is 0. The van der Waals surface area contributed by atoms with Crippen molar-refractivity contribution in [2.75, 3.05) is 19.6 Å². The average molecular weight is 332 g/mol. The third-order valence-electron chi connectivity index (χ3n) is 4.74. The van der Waals surface area contributed by atoms with Gasteiger partial charge < -0.3 is 5.73 Å². The minimum absolute atomic E-state index is 0.0778. The van der Waals surface area contributed by atoms with Crippen molar-refractivity contribution in [1.82, 2.24) is 14.9 Å². The van der Waals surface area contributed by atoms with Crippen molar-refractivity contribution in [2.24, 2.45) is 5.73 Å². The minimum Gasteiger partial charge on any atom is -0.316 e. The number of rotatable bonds is 3. The van der Waals surface area contributed by atoms with Crippen LogP contribution in [0.2, 0.25) is 0 Å². The fourth-order valence-corrected chi connectivity index (χ4v) is 3.27. The van der Waals surface area contributed by atoms with Gasteiger partial charge in [0.2, 0.25) is 6.33 Å². The first-order chi connectivity index (χ1) is 12.2. The molecule has 4 rings (SSSR count). The maximum atomic E-state index is 5.98. The molecule has 1 aliphatic heterocycles. The van der Waals surface area contributed by atoms with Gasteiger partial charge in [0.1, 0.15) is 6.54 Å². The van der Waals surface area contributed by atoms with Crippen LogP contribution in [0.3, 0.4) is 0 Å². The Morgan fingerprint density at radius 2 is 1.92 bits per heavy atom. The lowest BCUT2D eigenvalue weighted by atomic mass is 10.0. The molecular weight excluding hydrogens is 310 g/mol. The van der Waals surface area contributed by atoms with Gasteiger partial charge in [0.25, 0.3) is 0 Å². The predicted molar refractivity (Wildman–Crippen MR) is 101 cm³/mol. The van der Waals surface area contributed by atoms with E-state index in [1.807, 2.05) is 13.0 Å². The summed E-state index contributed by atoms with van der Waals surface area (Å²) in [5.41, 5.74) is 9.31. The van der Waals surface area contributed by atoms with Crippen molar-refractivity contribution in [2.45, 2.75) is 13.1 Å². The summed E-state index contributed by atoms with van der Waals surface area (Å²) in [5.74, 6) is 0.967. The van der Waals surface area contributed by atoms with Gasteiger partial charge in [0, 0.05) is 6.54 Å². The van der Waals surface area contributed by atoms with Gasteiger partial charge in [-0.15, -0.1) is 0 Å². The molecule has 2 aromatic carbocycles. The molecule has 3 aromatic rings. The Morgan fingerprint density at radius 1 is 1.08 bits per heavy atom. The van der Waals surface area contributed by atoms with Crippen LogP contribution >= 0.6 is 0 Å². The molecule has 1 aromatic heterocycles. The molecule has 2 N–H and O–H groups in total. The molecule has 0 spiro atoms. The topological polar surface area (TPSA) is 58.0 Å². The maximum Gasteiger partial charge on any atom is 0.334 e. The Morgan fingerprint density at radius 3 is 2.64 bits per heavy atom. The van der Waals surface area contributed by atoms with Gasteiger partial charge >= 0.3 is 5.82 Å². The molecule has 0 bridgehead atoms. The predicted octanol–water partition coefficient (Wildman–Crippen LogP) is 2.63. The molecule has 25 heavy (non-hydrogen) atoms. The Hall–Kier alpha value is -2.63. The Labute approximate surface area is 147 Å². The van der Waals surface area contributed by atoms with E-state index in [4.69, 9.17) is 5.73 Å². The highest BCUT2D eigenvalue weighted by molar-refractivity contribution is 5.89. The van der Waals surface area contributed by atoms with E-state index in [1.165, 1.54) is 11.1 Å². The SMILES string of the molecule is CC(N)N1CC=[N+](c2ncnc3cc(-c4ccccc4)ccc23)CC1. The molecule has 1 aliphatic rings. The maximum absolute atomic E-state index is 5.98. The zero-order valence-corrected chi connectivity index (χ0v) is 14.3. The van der Waals surface area contributed by atoms with E-state index in [-0.39, 0.29) is 6.17 Å². The molecule has 2 heterocycles. The highest BCUT2D eigenvalue weighted by Gasteiger charge is 2.22. The molecule has 0 saturated carbocycles. The van der Waals surface area contributed by atoms with Crippen LogP contribution in [0, 0.1) is 0 Å². The molecule has 0 aliphatic carbocycles. The number of benzene rings is 2. The monoisotopic (exact) mass is 332 g/mol. The fraction of sp³-hybridized carbons (Fsp3) is 0.250. The molecule has 0 fully saturated rings. The zero-order valence-electron chi connectivity index (χ0n) is 14.3. The van der Waals surface area contributed by atoms with Gasteiger partial charge in [0.05, 0.1) is 29.8 Å². The van der Waals surface area contributed by atoms with Crippen LogP contribution in [-0.2, 0) is 0 Å². The molecule has 1 atom stereocenters. The second-order valence-corrected chi connectivity index (χ2v) is 6.41. The number of fused-ring (bicyclic) bond motifs is 1. The summed E-state index contributed by atoms with van der Waals surface area (Å²) < 4.78 is 2.21. The second kappa shape index (κ2) is 6.70. The lowest BCUT2D eigenvalue weighted by Gasteiger charge is -2.27. The van der Waals surface area contributed by atoms with E-state index in [9.17, 15) is 0 Å². The number of hydrogen-bond acceptors (Lipinski definition) is 4. The molecule has 5 nitrogen and oxygen atoms in total. The van der Waals surface area contributed by atoms with E-state index in [0.717, 1.165) is 36.4 Å². The summed E-state index contributed by atoms with van der Waals surface area (Å²) in [6.45, 7) is 4.68. The standard InChI is InChI=1S/C20H22N5/c1-15(21)24-9-11-25(12-10-24)20-18-8-7-17(13-19(18)22-14-23-20)16-5-3-2-4-6-16/h2-8,11,13-15H,9-10,12,21H2,1H3/q+1. The third kappa shape index (κ3) is 3.16. The Balaban J connectivity index is 1.72. The fourth-order valence-electron chi connectivity index (χ4n) is 3.27. The molecule has 0 amide bonds. The normalized spacial score (nSPS) is 16.6. The van der Waals surface area contributed by atoms with Crippen molar-refractivity contribution >= 4 is 22.9 Å². The first-order valence-corrected chi connectivity index (χ1v) is 8.62. The van der Waals surface area contributed by atoms with Crippen LogP contribution < -0.4 is 5.73 Å². The first-order valence-electron chi connectivity index (χ1n) is 8.62. The van der Waals surface area contributed by atoms with Gasteiger partial charge in [0.15, 0.2) is 0 Å². The zero-order chi connectivity index (χ0) is 17.2. The summed E-state index contributed by atoms with van der Waals surface area (Å²) in [5, 5.41) is 1.08. The molecule has 0 radical (unpaired) electrons. The van der Waals surface area contributed by atoms with Gasteiger partial charge in [-0.2, -0.15) is 0 Å². The van der Waals surface area contributed by atoms with E-state index in [0.29, 0.717) is 0 Å². The quantitative estimate of drug-likeness (QED) is 0.749. The van der Waals surface area contributed by atoms with Crippen molar-refractivity contribution in [3.63, 3.8) is 0 Å². The van der Waals surface area contributed by atoms with Gasteiger partial charge in [-0.05, 0) is 35.2 Å². The number of hydrogen-bond donors (Lipinski definition) is 1. The summed E-state index contributed by atoms with van der Waals surface area (Å²) in [6.07, 6.45) is 3.90. The number of nitrogens with two attached hydrogens (primary N) is 1. The lowest BCUT2D eigenvalue weighted by molar-refractivity contribution is -0.446. The van der Waals surface area contributed by atoms with E-state index in [2.05, 4.69) is 68.1 Å². The molecule has 0 saturated heterocycles. The number of aromatic nitrogens is 2. The molecule has 5 heteroatoms. The van der Waals surface area contributed by atoms with Crippen LogP contribution in [0.5, 0.6) is 0 Å². The van der Waals surface area contributed by atoms with Gasteiger partial charge in [-0.3, -0.25) is 4.90 Å². The highest BCUT2D eigenvalue weighted by Crippen LogP contribution is 2.27. The third-order valence-corrected chi connectivity index (χ3v) is 4.74. The van der Waals surface area contributed by atoms with Crippen molar-refractivity contribution < 1.29 is 4.58 Å². The molecule has 1 unspecified atom stereocenters. The smallest absolute Gasteiger partial charge is 0.316 e. The van der Waals surface area contributed by atoms with E-state index in [1.54, 1.807) is 6.33 Å². The number of nitrogens with zero attached hydrogens (tertiary/aromatic N) is 4. The van der Waals surface area contributed by atoms with E-state index >= 15 is 0 Å². The molecule has 126 valence electrons. The van der Waals surface area contributed by atoms with Crippen LogP contribution in [0.15, 0.2) is 54.9 Å². The Bertz CT molecular complexity index is 918. The van der Waals surface area contributed by atoms with Crippen LogP contribution in [0.25, 0.3) is 22.0 Å². The highest BCUT2D eigenvalue weighted by atomic mass is 15.3. The largest absolute Gasteiger partial charge is 0.334 e. The minimum atomic E-state index is 0.0778. The summed E-state index contributed by atoms with van der Waals surface area (Å²) in [4.78, 5) is 11.3. The lowest BCUT2D eigenvalue weighted by Crippen LogP contribution is -2.47. The summed E-state index contributed by atoms with van der Waals surface area (Å²) in [6, 6.07) is 16.8. The second-order valence-electron chi connectivity index (χ2n) is 6.41. The van der Waals surface area contributed by atoms with Crippen LogP contribution in [0.1, 0.15) is 6.92 Å². The van der Waals surface area contributed by atoms with Gasteiger partial charge in [-0.25, -0.2) is 9.56 Å².